The lowest BCUT2D eigenvalue weighted by atomic mass is 10.0. The SMILES string of the molecule is NC(CCc1ccncc1)Cc1cc(F)cc(Br)c1. The molecule has 2 aromatic rings. The fraction of sp³-hybridized carbons (Fsp3) is 0.267. The van der Waals surface area contributed by atoms with Crippen LogP contribution in [-0.2, 0) is 12.8 Å². The Morgan fingerprint density at radius 1 is 1.16 bits per heavy atom. The monoisotopic (exact) mass is 322 g/mol. The van der Waals surface area contributed by atoms with Crippen LogP contribution in [0.15, 0.2) is 47.2 Å². The van der Waals surface area contributed by atoms with Crippen molar-refractivity contribution in [3.8, 4) is 0 Å². The second-order valence-electron chi connectivity index (χ2n) is 4.64. The summed E-state index contributed by atoms with van der Waals surface area (Å²) in [6.45, 7) is 0. The Balaban J connectivity index is 1.89. The van der Waals surface area contributed by atoms with E-state index in [1.807, 2.05) is 18.2 Å². The minimum absolute atomic E-state index is 0.0295. The van der Waals surface area contributed by atoms with E-state index in [2.05, 4.69) is 20.9 Å². The van der Waals surface area contributed by atoms with Crippen molar-refractivity contribution in [1.29, 1.82) is 0 Å². The second kappa shape index (κ2) is 6.78. The van der Waals surface area contributed by atoms with Gasteiger partial charge in [0.2, 0.25) is 0 Å². The van der Waals surface area contributed by atoms with E-state index in [0.29, 0.717) is 6.42 Å². The van der Waals surface area contributed by atoms with Crippen molar-refractivity contribution in [3.63, 3.8) is 0 Å². The van der Waals surface area contributed by atoms with E-state index in [1.165, 1.54) is 17.7 Å². The molecule has 2 rings (SSSR count). The molecule has 0 bridgehead atoms. The highest BCUT2D eigenvalue weighted by molar-refractivity contribution is 9.10. The lowest BCUT2D eigenvalue weighted by Crippen LogP contribution is -2.23. The number of aromatic nitrogens is 1. The summed E-state index contributed by atoms with van der Waals surface area (Å²) < 4.78 is 14.0. The number of nitrogens with zero attached hydrogens (tertiary/aromatic N) is 1. The van der Waals surface area contributed by atoms with Crippen LogP contribution in [0.3, 0.4) is 0 Å². The van der Waals surface area contributed by atoms with Crippen molar-refractivity contribution in [3.05, 3.63) is 64.1 Å². The van der Waals surface area contributed by atoms with Gasteiger partial charge in [0.15, 0.2) is 0 Å². The molecular weight excluding hydrogens is 307 g/mol. The number of hydrogen-bond acceptors (Lipinski definition) is 2. The van der Waals surface area contributed by atoms with Crippen molar-refractivity contribution in [1.82, 2.24) is 4.98 Å². The van der Waals surface area contributed by atoms with Crippen LogP contribution in [0.1, 0.15) is 17.5 Å². The van der Waals surface area contributed by atoms with Gasteiger partial charge < -0.3 is 5.73 Å². The van der Waals surface area contributed by atoms with E-state index < -0.39 is 0 Å². The zero-order chi connectivity index (χ0) is 13.7. The Morgan fingerprint density at radius 3 is 2.58 bits per heavy atom. The summed E-state index contributed by atoms with van der Waals surface area (Å²) in [5.41, 5.74) is 8.25. The van der Waals surface area contributed by atoms with Gasteiger partial charge in [0.1, 0.15) is 5.82 Å². The highest BCUT2D eigenvalue weighted by Gasteiger charge is 2.07. The van der Waals surface area contributed by atoms with Gasteiger partial charge in [-0.05, 0) is 60.7 Å². The largest absolute Gasteiger partial charge is 0.327 e. The molecule has 1 unspecified atom stereocenters. The van der Waals surface area contributed by atoms with Gasteiger partial charge in [-0.3, -0.25) is 4.98 Å². The molecule has 1 aromatic carbocycles. The van der Waals surface area contributed by atoms with Crippen LogP contribution in [0, 0.1) is 5.82 Å². The zero-order valence-corrected chi connectivity index (χ0v) is 12.1. The molecule has 0 amide bonds. The number of benzene rings is 1. The average Bonchev–Trinajstić information content (AvgIpc) is 2.36. The van der Waals surface area contributed by atoms with Crippen molar-refractivity contribution in [2.75, 3.05) is 0 Å². The number of rotatable bonds is 5. The van der Waals surface area contributed by atoms with Gasteiger partial charge >= 0.3 is 0 Å². The maximum Gasteiger partial charge on any atom is 0.124 e. The maximum atomic E-state index is 13.3. The van der Waals surface area contributed by atoms with Crippen molar-refractivity contribution >= 4 is 15.9 Å². The topological polar surface area (TPSA) is 38.9 Å². The van der Waals surface area contributed by atoms with Crippen LogP contribution in [0.2, 0.25) is 0 Å². The molecule has 0 spiro atoms. The Kier molecular flexibility index (Phi) is 5.05. The van der Waals surface area contributed by atoms with E-state index in [4.69, 9.17) is 5.73 Å². The van der Waals surface area contributed by atoms with Gasteiger partial charge in [-0.1, -0.05) is 15.9 Å². The molecule has 1 atom stereocenters. The number of hydrogen-bond donors (Lipinski definition) is 1. The molecule has 0 aliphatic carbocycles. The van der Waals surface area contributed by atoms with Crippen LogP contribution >= 0.6 is 15.9 Å². The zero-order valence-electron chi connectivity index (χ0n) is 10.5. The molecule has 19 heavy (non-hydrogen) atoms. The van der Waals surface area contributed by atoms with Crippen LogP contribution < -0.4 is 5.73 Å². The molecule has 4 heteroatoms. The predicted octanol–water partition coefficient (Wildman–Crippen LogP) is 3.49. The summed E-state index contributed by atoms with van der Waals surface area (Å²) in [5.74, 6) is -0.231. The van der Waals surface area contributed by atoms with Crippen molar-refractivity contribution in [2.24, 2.45) is 5.73 Å². The first-order valence-electron chi connectivity index (χ1n) is 6.23. The molecule has 0 fully saturated rings. The molecule has 2 nitrogen and oxygen atoms in total. The molecule has 0 aliphatic heterocycles. The summed E-state index contributed by atoms with van der Waals surface area (Å²) in [6, 6.07) is 8.91. The van der Waals surface area contributed by atoms with E-state index in [-0.39, 0.29) is 11.9 Å². The van der Waals surface area contributed by atoms with Crippen LogP contribution in [-0.4, -0.2) is 11.0 Å². The van der Waals surface area contributed by atoms with Crippen molar-refractivity contribution in [2.45, 2.75) is 25.3 Å². The fourth-order valence-corrected chi connectivity index (χ4v) is 2.55. The highest BCUT2D eigenvalue weighted by Crippen LogP contribution is 2.16. The van der Waals surface area contributed by atoms with Crippen LogP contribution in [0.25, 0.3) is 0 Å². The molecular formula is C15H16BrFN2. The van der Waals surface area contributed by atoms with Crippen LogP contribution in [0.5, 0.6) is 0 Å². The number of halogens is 2. The summed E-state index contributed by atoms with van der Waals surface area (Å²) >= 11 is 3.29. The standard InChI is InChI=1S/C15H16BrFN2/c16-13-7-12(8-14(17)10-13)9-15(18)2-1-11-3-5-19-6-4-11/h3-8,10,15H,1-2,9,18H2. The van der Waals surface area contributed by atoms with Crippen LogP contribution in [0.4, 0.5) is 4.39 Å². The minimum atomic E-state index is -0.231. The molecule has 2 N–H and O–H groups in total. The molecule has 0 aliphatic rings. The minimum Gasteiger partial charge on any atom is -0.327 e. The third-order valence-electron chi connectivity index (χ3n) is 2.97. The Bertz CT molecular complexity index is 511. The van der Waals surface area contributed by atoms with E-state index >= 15 is 0 Å². The molecule has 1 aromatic heterocycles. The first kappa shape index (κ1) is 14.2. The number of nitrogens with two attached hydrogens (primary N) is 1. The molecule has 0 saturated heterocycles. The van der Waals surface area contributed by atoms with Crippen molar-refractivity contribution < 1.29 is 4.39 Å². The molecule has 0 saturated carbocycles. The lowest BCUT2D eigenvalue weighted by molar-refractivity contribution is 0.598. The van der Waals surface area contributed by atoms with E-state index in [1.54, 1.807) is 12.4 Å². The molecule has 100 valence electrons. The normalized spacial score (nSPS) is 12.4. The highest BCUT2D eigenvalue weighted by atomic mass is 79.9. The quantitative estimate of drug-likeness (QED) is 0.915. The summed E-state index contributed by atoms with van der Waals surface area (Å²) in [4.78, 5) is 3.98. The van der Waals surface area contributed by atoms with Gasteiger partial charge in [-0.25, -0.2) is 4.39 Å². The third-order valence-corrected chi connectivity index (χ3v) is 3.43. The average molecular weight is 323 g/mol. The number of pyridine rings is 1. The van der Waals surface area contributed by atoms with E-state index in [0.717, 1.165) is 22.9 Å². The van der Waals surface area contributed by atoms with Gasteiger partial charge in [0.25, 0.3) is 0 Å². The van der Waals surface area contributed by atoms with Gasteiger partial charge in [-0.2, -0.15) is 0 Å². The van der Waals surface area contributed by atoms with Gasteiger partial charge in [-0.15, -0.1) is 0 Å². The molecule has 1 heterocycles. The van der Waals surface area contributed by atoms with E-state index in [9.17, 15) is 4.39 Å². The Hall–Kier alpha value is -1.26. The summed E-state index contributed by atoms with van der Waals surface area (Å²) in [5, 5.41) is 0. The second-order valence-corrected chi connectivity index (χ2v) is 5.55. The van der Waals surface area contributed by atoms with Gasteiger partial charge in [0, 0.05) is 22.9 Å². The summed E-state index contributed by atoms with van der Waals surface area (Å²) in [6.07, 6.45) is 6.04. The fourth-order valence-electron chi connectivity index (χ4n) is 2.04. The Labute approximate surface area is 121 Å². The molecule has 0 radical (unpaired) electrons. The smallest absolute Gasteiger partial charge is 0.124 e. The summed E-state index contributed by atoms with van der Waals surface area (Å²) in [7, 11) is 0. The third kappa shape index (κ3) is 4.73. The van der Waals surface area contributed by atoms with Gasteiger partial charge in [0.05, 0.1) is 0 Å². The maximum absolute atomic E-state index is 13.3. The Morgan fingerprint density at radius 2 is 1.89 bits per heavy atom. The first-order valence-corrected chi connectivity index (χ1v) is 7.02. The lowest BCUT2D eigenvalue weighted by Gasteiger charge is -2.12. The first-order chi connectivity index (χ1) is 9.13. The number of aryl methyl sites for hydroxylation is 1. The predicted molar refractivity (Wildman–Crippen MR) is 78.3 cm³/mol.